The molecule has 0 bridgehead atoms. The number of hydrogen-bond donors (Lipinski definition) is 0. The van der Waals surface area contributed by atoms with Gasteiger partial charge in [-0.15, -0.1) is 0 Å². The highest BCUT2D eigenvalue weighted by atomic mass is 19.3. The number of carbonyl (C=O) groups is 3. The van der Waals surface area contributed by atoms with Crippen LogP contribution in [0.2, 0.25) is 0 Å². The van der Waals surface area contributed by atoms with Gasteiger partial charge in [0.1, 0.15) is 16.9 Å². The number of allylic oxidation sites excluding steroid dienone is 9. The second kappa shape index (κ2) is 12.4. The Labute approximate surface area is 260 Å². The summed E-state index contributed by atoms with van der Waals surface area (Å²) in [6, 6.07) is -0.928. The van der Waals surface area contributed by atoms with Crippen LogP contribution >= 0.6 is 0 Å². The van der Waals surface area contributed by atoms with Crippen molar-refractivity contribution in [1.29, 1.82) is 0 Å². The maximum Gasteiger partial charge on any atom is 0.796 e. The number of fused-ring (bicyclic) bond motifs is 1. The summed E-state index contributed by atoms with van der Waals surface area (Å²) < 4.78 is 70.2. The number of likely N-dealkylation sites (N-methyl/N-ethyl adjacent to an activating group) is 2. The van der Waals surface area contributed by atoms with Gasteiger partial charge in [0, 0.05) is 28.2 Å². The largest absolute Gasteiger partial charge is 0.796 e. The lowest BCUT2D eigenvalue weighted by molar-refractivity contribution is -0.134. The Kier molecular flexibility index (Phi) is 9.13. The second-order valence-corrected chi connectivity index (χ2v) is 11.5. The molecule has 2 aliphatic heterocycles. The van der Waals surface area contributed by atoms with Gasteiger partial charge in [0.05, 0.1) is 5.76 Å². The number of hydrogen-bond acceptors (Lipinski definition) is 8. The molecule has 244 valence electrons. The standard InChI is InChI=1S/C28H29B2F4N4O8/c1-28(2)14-16(9-7-11-18(44-29(31)32)20-22(39)35(3)26(42)36(4)23(20)40)13-17(15-28)10-8-12-19-21-24(41)37(5)27(43)38(6)25(21)46-30(33,34)45-19/h7-13H,14-15H2,1-6H3/q-1/b10-8+,11-7+,16-9+,19-12-. The van der Waals surface area contributed by atoms with E-state index in [2.05, 4.69) is 14.0 Å². The van der Waals surface area contributed by atoms with Gasteiger partial charge in [-0.05, 0) is 41.6 Å². The smallest absolute Gasteiger partial charge is 0.627 e. The molecule has 1 aromatic rings. The molecule has 0 saturated carbocycles. The normalized spacial score (nSPS) is 21.1. The lowest BCUT2D eigenvalue weighted by Crippen LogP contribution is -2.53. The lowest BCUT2D eigenvalue weighted by Gasteiger charge is -2.36. The van der Waals surface area contributed by atoms with Gasteiger partial charge in [-0.1, -0.05) is 44.2 Å². The number of halogens is 4. The van der Waals surface area contributed by atoms with Crippen molar-refractivity contribution in [3.8, 4) is 5.88 Å². The molecule has 0 atom stereocenters. The molecule has 0 spiro atoms. The number of urea groups is 1. The third-order valence-electron chi connectivity index (χ3n) is 7.30. The fraction of sp³-hybridized carbons (Fsp3) is 0.321. The van der Waals surface area contributed by atoms with Crippen molar-refractivity contribution < 1.29 is 45.6 Å². The number of amides is 4. The number of aromatic nitrogens is 2. The topological polar surface area (TPSA) is 129 Å². The Bertz CT molecular complexity index is 1800. The molecule has 12 nitrogen and oxygen atoms in total. The zero-order valence-corrected chi connectivity index (χ0v) is 25.7. The van der Waals surface area contributed by atoms with Gasteiger partial charge >= 0.3 is 26.3 Å². The second-order valence-electron chi connectivity index (χ2n) is 11.5. The highest BCUT2D eigenvalue weighted by Gasteiger charge is 2.43. The molecule has 0 radical (unpaired) electrons. The number of imide groups is 2. The third kappa shape index (κ3) is 6.79. The Morgan fingerprint density at radius 3 is 2.17 bits per heavy atom. The van der Waals surface area contributed by atoms with Crippen LogP contribution in [0.3, 0.4) is 0 Å². The molecule has 46 heavy (non-hydrogen) atoms. The molecule has 18 heteroatoms. The summed E-state index contributed by atoms with van der Waals surface area (Å²) >= 11 is 0. The summed E-state index contributed by atoms with van der Waals surface area (Å²) in [5.41, 5.74) is -1.70. The minimum absolute atomic E-state index is 0.310. The monoisotopic (exact) mass is 647 g/mol. The summed E-state index contributed by atoms with van der Waals surface area (Å²) in [5.74, 6) is -4.03. The first kappa shape index (κ1) is 33.9. The van der Waals surface area contributed by atoms with Crippen LogP contribution in [-0.4, -0.2) is 65.5 Å². The molecule has 1 aliphatic carbocycles. The van der Waals surface area contributed by atoms with Crippen LogP contribution < -0.4 is 15.9 Å². The van der Waals surface area contributed by atoms with Crippen molar-refractivity contribution in [2.75, 3.05) is 14.1 Å². The molecule has 3 aliphatic rings. The van der Waals surface area contributed by atoms with Crippen LogP contribution in [0.25, 0.3) is 5.76 Å². The van der Waals surface area contributed by atoms with E-state index >= 15 is 0 Å². The van der Waals surface area contributed by atoms with Crippen molar-refractivity contribution in [2.24, 2.45) is 19.5 Å². The predicted molar refractivity (Wildman–Crippen MR) is 159 cm³/mol. The first-order valence-corrected chi connectivity index (χ1v) is 13.8. The predicted octanol–water partition coefficient (Wildman–Crippen LogP) is 3.24. The Morgan fingerprint density at radius 2 is 1.57 bits per heavy atom. The zero-order chi connectivity index (χ0) is 34.3. The number of rotatable bonds is 6. The fourth-order valence-electron chi connectivity index (χ4n) is 5.21. The molecular formula is C28H29B2F4N4O8-. The quantitative estimate of drug-likeness (QED) is 0.151. The lowest BCUT2D eigenvalue weighted by atomic mass is 9.75. The minimum Gasteiger partial charge on any atom is -0.627 e. The van der Waals surface area contributed by atoms with Crippen molar-refractivity contribution in [2.45, 2.75) is 26.7 Å². The van der Waals surface area contributed by atoms with Crippen molar-refractivity contribution in [3.05, 3.63) is 91.4 Å². The van der Waals surface area contributed by atoms with Crippen molar-refractivity contribution in [1.82, 2.24) is 18.9 Å². The highest BCUT2D eigenvalue weighted by molar-refractivity contribution is 6.54. The van der Waals surface area contributed by atoms with Gasteiger partial charge in [-0.25, -0.2) is 18.2 Å². The average Bonchev–Trinajstić information content (AvgIpc) is 2.95. The molecule has 4 rings (SSSR count). The first-order valence-electron chi connectivity index (χ1n) is 13.8. The van der Waals surface area contributed by atoms with Crippen LogP contribution in [0.1, 0.15) is 32.3 Å². The van der Waals surface area contributed by atoms with E-state index in [1.54, 1.807) is 18.2 Å². The summed E-state index contributed by atoms with van der Waals surface area (Å²) in [4.78, 5) is 63.4. The van der Waals surface area contributed by atoms with Gasteiger partial charge in [0.15, 0.2) is 5.88 Å². The van der Waals surface area contributed by atoms with Crippen LogP contribution in [0.5, 0.6) is 5.88 Å². The SMILES string of the molecule is CN1C(=O)C(=C(/C=C/C=C2C=C(/C=C/C=C3\O[B-](F)(F)Oc4c3c(=O)n(C)c(=O)n4C)CC(C)(C)C\2)OB(F)F)C(=O)N(C)C1=O. The molecule has 1 aromatic heterocycles. The number of carbonyl (C=O) groups excluding carboxylic acids is 3. The van der Waals surface area contributed by atoms with Gasteiger partial charge in [0.2, 0.25) is 0 Å². The summed E-state index contributed by atoms with van der Waals surface area (Å²) in [6.07, 6.45) is 10.9. The van der Waals surface area contributed by atoms with E-state index in [0.29, 0.717) is 28.2 Å². The Hall–Kier alpha value is -5.02. The van der Waals surface area contributed by atoms with E-state index in [9.17, 15) is 41.2 Å². The molecule has 1 saturated heterocycles. The average molecular weight is 647 g/mol. The zero-order valence-electron chi connectivity index (χ0n) is 25.7. The minimum atomic E-state index is -4.87. The summed E-state index contributed by atoms with van der Waals surface area (Å²) in [7, 11) is -3.67. The molecule has 0 N–H and O–H groups in total. The highest BCUT2D eigenvalue weighted by Crippen LogP contribution is 2.39. The van der Waals surface area contributed by atoms with Crippen LogP contribution in [0.4, 0.5) is 22.1 Å². The van der Waals surface area contributed by atoms with Crippen LogP contribution in [0.15, 0.2) is 74.6 Å². The Morgan fingerprint density at radius 1 is 0.935 bits per heavy atom. The van der Waals surface area contributed by atoms with E-state index in [1.807, 2.05) is 13.8 Å². The molecule has 0 aromatic carbocycles. The maximum atomic E-state index is 14.3. The van der Waals surface area contributed by atoms with E-state index in [1.165, 1.54) is 26.2 Å². The molecule has 0 unspecified atom stereocenters. The molecule has 1 fully saturated rings. The fourth-order valence-corrected chi connectivity index (χ4v) is 5.21. The third-order valence-corrected chi connectivity index (χ3v) is 7.30. The van der Waals surface area contributed by atoms with E-state index in [0.717, 1.165) is 41.0 Å². The van der Waals surface area contributed by atoms with Gasteiger partial charge < -0.3 is 22.6 Å². The van der Waals surface area contributed by atoms with Crippen LogP contribution in [0, 0.1) is 5.41 Å². The van der Waals surface area contributed by atoms with E-state index in [4.69, 9.17) is 0 Å². The van der Waals surface area contributed by atoms with Crippen LogP contribution in [-0.2, 0) is 33.0 Å². The summed E-state index contributed by atoms with van der Waals surface area (Å²) in [5, 5.41) is 0. The van der Waals surface area contributed by atoms with E-state index in [-0.39, 0.29) is 11.0 Å². The number of barbiturate groups is 1. The van der Waals surface area contributed by atoms with Gasteiger partial charge in [-0.3, -0.25) is 33.3 Å². The number of nitrogens with zero attached hydrogens (tertiary/aromatic N) is 4. The van der Waals surface area contributed by atoms with Gasteiger partial charge in [0.25, 0.3) is 17.4 Å². The maximum absolute atomic E-state index is 14.3. The Balaban J connectivity index is 1.68. The molecule has 3 heterocycles. The molecular weight excluding hydrogens is 618 g/mol. The van der Waals surface area contributed by atoms with Crippen molar-refractivity contribution >= 4 is 38.2 Å². The van der Waals surface area contributed by atoms with Crippen molar-refractivity contribution in [3.63, 3.8) is 0 Å². The van der Waals surface area contributed by atoms with E-state index < -0.39 is 66.6 Å². The van der Waals surface area contributed by atoms with Gasteiger partial charge in [-0.2, -0.15) is 0 Å². The molecule has 4 amide bonds. The first-order chi connectivity index (χ1) is 21.3. The summed E-state index contributed by atoms with van der Waals surface area (Å²) in [6.45, 7) is 3.93.